The molecule has 0 aliphatic heterocycles. The third-order valence-electron chi connectivity index (χ3n) is 3.16. The largest absolute Gasteiger partial charge is 0.398 e. The molecule has 106 valence electrons. The standard InChI is InChI=1S/C14H21ClN2O2/c1-4-10(2)17(7-8-19-3)14(18)12-6-5-11(15)9-13(12)16/h5-6,9-10H,4,7-8,16H2,1-3H3. The number of benzene rings is 1. The lowest BCUT2D eigenvalue weighted by molar-refractivity contribution is 0.0615. The molecule has 1 atom stereocenters. The summed E-state index contributed by atoms with van der Waals surface area (Å²) >= 11 is 5.85. The van der Waals surface area contributed by atoms with Crippen molar-refractivity contribution in [3.63, 3.8) is 0 Å². The van der Waals surface area contributed by atoms with Crippen LogP contribution in [0.1, 0.15) is 30.6 Å². The van der Waals surface area contributed by atoms with Gasteiger partial charge in [0.15, 0.2) is 0 Å². The molecule has 2 N–H and O–H groups in total. The van der Waals surface area contributed by atoms with E-state index in [0.717, 1.165) is 6.42 Å². The number of methoxy groups -OCH3 is 1. The number of nitrogen functional groups attached to an aromatic ring is 1. The van der Waals surface area contributed by atoms with Crippen LogP contribution in [0.5, 0.6) is 0 Å². The number of anilines is 1. The average Bonchev–Trinajstić information content (AvgIpc) is 2.38. The van der Waals surface area contributed by atoms with Crippen molar-refractivity contribution in [2.45, 2.75) is 26.3 Å². The Kier molecular flexibility index (Phi) is 6.12. The van der Waals surface area contributed by atoms with Crippen molar-refractivity contribution in [1.29, 1.82) is 0 Å². The van der Waals surface area contributed by atoms with Gasteiger partial charge in [-0.2, -0.15) is 0 Å². The minimum Gasteiger partial charge on any atom is -0.398 e. The minimum atomic E-state index is -0.0828. The smallest absolute Gasteiger partial charge is 0.256 e. The van der Waals surface area contributed by atoms with E-state index in [4.69, 9.17) is 22.1 Å². The minimum absolute atomic E-state index is 0.0828. The first-order chi connectivity index (χ1) is 9.01. The molecule has 1 aromatic carbocycles. The third kappa shape index (κ3) is 4.11. The fourth-order valence-corrected chi connectivity index (χ4v) is 2.00. The summed E-state index contributed by atoms with van der Waals surface area (Å²) in [6.45, 7) is 5.11. The summed E-state index contributed by atoms with van der Waals surface area (Å²) in [6.07, 6.45) is 0.878. The van der Waals surface area contributed by atoms with Crippen LogP contribution in [-0.4, -0.2) is 37.1 Å². The van der Waals surface area contributed by atoms with Crippen LogP contribution in [0.2, 0.25) is 5.02 Å². The second-order valence-corrected chi connectivity index (χ2v) is 4.92. The summed E-state index contributed by atoms with van der Waals surface area (Å²) in [7, 11) is 1.62. The first-order valence-corrected chi connectivity index (χ1v) is 6.74. The zero-order valence-corrected chi connectivity index (χ0v) is 12.4. The highest BCUT2D eigenvalue weighted by Crippen LogP contribution is 2.21. The molecule has 0 bridgehead atoms. The lowest BCUT2D eigenvalue weighted by Crippen LogP contribution is -2.40. The number of nitrogens with zero attached hydrogens (tertiary/aromatic N) is 1. The first kappa shape index (κ1) is 15.8. The van der Waals surface area contributed by atoms with Gasteiger partial charge in [0.05, 0.1) is 12.2 Å². The molecule has 19 heavy (non-hydrogen) atoms. The number of rotatable bonds is 6. The van der Waals surface area contributed by atoms with Crippen molar-refractivity contribution < 1.29 is 9.53 Å². The maximum Gasteiger partial charge on any atom is 0.256 e. The Balaban J connectivity index is 2.97. The highest BCUT2D eigenvalue weighted by atomic mass is 35.5. The second kappa shape index (κ2) is 7.36. The van der Waals surface area contributed by atoms with E-state index < -0.39 is 0 Å². The van der Waals surface area contributed by atoms with Gasteiger partial charge in [-0.3, -0.25) is 4.79 Å². The second-order valence-electron chi connectivity index (χ2n) is 4.48. The Bertz CT molecular complexity index is 437. The number of amides is 1. The normalized spacial score (nSPS) is 12.2. The number of carbonyl (C=O) groups excluding carboxylic acids is 1. The fourth-order valence-electron chi connectivity index (χ4n) is 1.82. The van der Waals surface area contributed by atoms with Gasteiger partial charge in [-0.15, -0.1) is 0 Å². The molecule has 5 heteroatoms. The highest BCUT2D eigenvalue weighted by molar-refractivity contribution is 6.31. The van der Waals surface area contributed by atoms with Crippen LogP contribution in [0.3, 0.4) is 0 Å². The van der Waals surface area contributed by atoms with Gasteiger partial charge in [-0.25, -0.2) is 0 Å². The predicted octanol–water partition coefficient (Wildman–Crippen LogP) is 2.81. The summed E-state index contributed by atoms with van der Waals surface area (Å²) in [4.78, 5) is 14.3. The molecule has 0 aliphatic carbocycles. The van der Waals surface area contributed by atoms with E-state index in [-0.39, 0.29) is 11.9 Å². The molecule has 1 rings (SSSR count). The zero-order valence-electron chi connectivity index (χ0n) is 11.6. The van der Waals surface area contributed by atoms with E-state index in [1.807, 2.05) is 13.8 Å². The first-order valence-electron chi connectivity index (χ1n) is 6.36. The topological polar surface area (TPSA) is 55.6 Å². The zero-order chi connectivity index (χ0) is 14.4. The van der Waals surface area contributed by atoms with E-state index in [0.29, 0.717) is 29.4 Å². The average molecular weight is 285 g/mol. The van der Waals surface area contributed by atoms with Gasteiger partial charge in [-0.1, -0.05) is 18.5 Å². The fraction of sp³-hybridized carbons (Fsp3) is 0.500. The van der Waals surface area contributed by atoms with E-state index in [9.17, 15) is 4.79 Å². The Morgan fingerprint density at radius 1 is 1.53 bits per heavy atom. The van der Waals surface area contributed by atoms with Gasteiger partial charge in [0.25, 0.3) is 5.91 Å². The number of hydrogen-bond donors (Lipinski definition) is 1. The van der Waals surface area contributed by atoms with E-state index in [1.54, 1.807) is 30.2 Å². The Morgan fingerprint density at radius 2 is 2.21 bits per heavy atom. The molecule has 0 saturated carbocycles. The summed E-state index contributed by atoms with van der Waals surface area (Å²) in [5, 5.41) is 0.529. The molecule has 0 aromatic heterocycles. The van der Waals surface area contributed by atoms with Gasteiger partial charge in [0.2, 0.25) is 0 Å². The molecule has 0 radical (unpaired) electrons. The third-order valence-corrected chi connectivity index (χ3v) is 3.40. The molecule has 1 unspecified atom stereocenters. The monoisotopic (exact) mass is 284 g/mol. The number of carbonyl (C=O) groups is 1. The Labute approximate surface area is 119 Å². The Morgan fingerprint density at radius 3 is 2.74 bits per heavy atom. The quantitative estimate of drug-likeness (QED) is 0.817. The number of hydrogen-bond acceptors (Lipinski definition) is 3. The van der Waals surface area contributed by atoms with Crippen molar-refractivity contribution in [1.82, 2.24) is 4.90 Å². The predicted molar refractivity (Wildman–Crippen MR) is 78.5 cm³/mol. The lowest BCUT2D eigenvalue weighted by atomic mass is 10.1. The molecule has 0 spiro atoms. The van der Waals surface area contributed by atoms with Crippen molar-refractivity contribution in [3.05, 3.63) is 28.8 Å². The summed E-state index contributed by atoms with van der Waals surface area (Å²) in [6, 6.07) is 5.08. The van der Waals surface area contributed by atoms with Crippen molar-refractivity contribution >= 4 is 23.2 Å². The van der Waals surface area contributed by atoms with Gasteiger partial charge < -0.3 is 15.4 Å². The number of ether oxygens (including phenoxy) is 1. The number of nitrogens with two attached hydrogens (primary N) is 1. The molecular weight excluding hydrogens is 264 g/mol. The van der Waals surface area contributed by atoms with Crippen LogP contribution in [0.25, 0.3) is 0 Å². The summed E-state index contributed by atoms with van der Waals surface area (Å²) in [5.41, 5.74) is 6.76. The molecule has 1 amide bonds. The highest BCUT2D eigenvalue weighted by Gasteiger charge is 2.21. The van der Waals surface area contributed by atoms with Crippen LogP contribution < -0.4 is 5.73 Å². The van der Waals surface area contributed by atoms with Crippen LogP contribution in [0.15, 0.2) is 18.2 Å². The molecule has 0 aliphatic rings. The van der Waals surface area contributed by atoms with Crippen molar-refractivity contribution in [3.8, 4) is 0 Å². The van der Waals surface area contributed by atoms with E-state index >= 15 is 0 Å². The molecule has 0 fully saturated rings. The Hall–Kier alpha value is -1.26. The van der Waals surface area contributed by atoms with Crippen LogP contribution >= 0.6 is 11.6 Å². The molecular formula is C14H21ClN2O2. The molecule has 1 aromatic rings. The van der Waals surface area contributed by atoms with E-state index in [1.165, 1.54) is 0 Å². The SMILES string of the molecule is CCC(C)N(CCOC)C(=O)c1ccc(Cl)cc1N. The van der Waals surface area contributed by atoms with Crippen LogP contribution in [-0.2, 0) is 4.74 Å². The van der Waals surface area contributed by atoms with E-state index in [2.05, 4.69) is 0 Å². The maximum absolute atomic E-state index is 12.5. The van der Waals surface area contributed by atoms with Gasteiger partial charge >= 0.3 is 0 Å². The maximum atomic E-state index is 12.5. The van der Waals surface area contributed by atoms with Gasteiger partial charge in [0, 0.05) is 30.4 Å². The van der Waals surface area contributed by atoms with Crippen LogP contribution in [0.4, 0.5) is 5.69 Å². The lowest BCUT2D eigenvalue weighted by Gasteiger charge is -2.29. The van der Waals surface area contributed by atoms with Gasteiger partial charge in [0.1, 0.15) is 0 Å². The molecule has 4 nitrogen and oxygen atoms in total. The van der Waals surface area contributed by atoms with Gasteiger partial charge in [-0.05, 0) is 31.5 Å². The molecule has 0 heterocycles. The van der Waals surface area contributed by atoms with Crippen molar-refractivity contribution in [2.75, 3.05) is 26.0 Å². The summed E-state index contributed by atoms with van der Waals surface area (Å²) in [5.74, 6) is -0.0828. The molecule has 0 saturated heterocycles. The van der Waals surface area contributed by atoms with Crippen molar-refractivity contribution in [2.24, 2.45) is 0 Å². The van der Waals surface area contributed by atoms with Crippen LogP contribution in [0, 0.1) is 0 Å². The number of halogens is 1. The summed E-state index contributed by atoms with van der Waals surface area (Å²) < 4.78 is 5.06.